The number of hydrogen-bond donors (Lipinski definition) is 1. The molecule has 3 nitrogen and oxygen atoms in total. The van der Waals surface area contributed by atoms with E-state index in [0.29, 0.717) is 11.6 Å². The van der Waals surface area contributed by atoms with Crippen LogP contribution in [0, 0.1) is 12.7 Å². The van der Waals surface area contributed by atoms with Crippen LogP contribution in [0.4, 0.5) is 4.39 Å². The van der Waals surface area contributed by atoms with Crippen LogP contribution in [-0.2, 0) is 13.6 Å². The number of hydrogen-bond acceptors (Lipinski definition) is 2. The molecule has 0 amide bonds. The van der Waals surface area contributed by atoms with E-state index in [1.54, 1.807) is 17.7 Å². The van der Waals surface area contributed by atoms with Crippen molar-refractivity contribution in [1.29, 1.82) is 0 Å². The van der Waals surface area contributed by atoms with Crippen molar-refractivity contribution in [3.8, 4) is 11.3 Å². The molecule has 0 bridgehead atoms. The summed E-state index contributed by atoms with van der Waals surface area (Å²) in [6, 6.07) is 5.54. The lowest BCUT2D eigenvalue weighted by molar-refractivity contribution is 0.589. The first-order valence-corrected chi connectivity index (χ1v) is 6.50. The smallest absolute Gasteiger partial charge is 0.126 e. The molecule has 0 saturated heterocycles. The van der Waals surface area contributed by atoms with Gasteiger partial charge in [0.25, 0.3) is 0 Å². The normalized spacial score (nSPS) is 11.3. The van der Waals surface area contributed by atoms with Gasteiger partial charge in [-0.15, -0.1) is 0 Å². The van der Waals surface area contributed by atoms with Crippen molar-refractivity contribution in [2.45, 2.75) is 33.4 Å². The third-order valence-electron chi connectivity index (χ3n) is 3.04. The summed E-state index contributed by atoms with van der Waals surface area (Å²) in [5, 5.41) is 7.87. The zero-order valence-corrected chi connectivity index (χ0v) is 11.9. The highest BCUT2D eigenvalue weighted by atomic mass is 19.1. The summed E-state index contributed by atoms with van der Waals surface area (Å²) in [6.45, 7) is 6.75. The Kier molecular flexibility index (Phi) is 4.00. The Bertz CT molecular complexity index is 573. The molecule has 0 atom stereocenters. The maximum absolute atomic E-state index is 13.3. The van der Waals surface area contributed by atoms with Crippen LogP contribution < -0.4 is 5.32 Å². The van der Waals surface area contributed by atoms with Crippen LogP contribution in [0.3, 0.4) is 0 Å². The Morgan fingerprint density at radius 3 is 2.74 bits per heavy atom. The Labute approximate surface area is 113 Å². The average molecular weight is 261 g/mol. The molecule has 1 heterocycles. The molecule has 0 aliphatic carbocycles. The Morgan fingerprint density at radius 1 is 1.37 bits per heavy atom. The quantitative estimate of drug-likeness (QED) is 0.916. The zero-order chi connectivity index (χ0) is 14.0. The van der Waals surface area contributed by atoms with E-state index in [1.165, 1.54) is 6.07 Å². The van der Waals surface area contributed by atoms with Gasteiger partial charge in [-0.25, -0.2) is 4.39 Å². The van der Waals surface area contributed by atoms with Crippen molar-refractivity contribution in [3.63, 3.8) is 0 Å². The Hall–Kier alpha value is -1.68. The van der Waals surface area contributed by atoms with E-state index >= 15 is 0 Å². The minimum absolute atomic E-state index is 0.179. The molecule has 0 aliphatic heterocycles. The largest absolute Gasteiger partial charge is 0.310 e. The first-order chi connectivity index (χ1) is 8.97. The molecule has 2 aromatic rings. The first-order valence-electron chi connectivity index (χ1n) is 6.50. The van der Waals surface area contributed by atoms with E-state index in [1.807, 2.05) is 19.3 Å². The number of rotatable bonds is 4. The second-order valence-electron chi connectivity index (χ2n) is 5.18. The first kappa shape index (κ1) is 13.7. The Balaban J connectivity index is 2.35. The highest BCUT2D eigenvalue weighted by Gasteiger charge is 2.11. The van der Waals surface area contributed by atoms with Gasteiger partial charge in [0.05, 0.1) is 5.69 Å². The second kappa shape index (κ2) is 5.53. The van der Waals surface area contributed by atoms with Crippen LogP contribution in [0.1, 0.15) is 25.0 Å². The molecule has 19 heavy (non-hydrogen) atoms. The maximum Gasteiger partial charge on any atom is 0.126 e. The van der Waals surface area contributed by atoms with Gasteiger partial charge in [-0.2, -0.15) is 5.10 Å². The fourth-order valence-electron chi connectivity index (χ4n) is 2.02. The molecule has 102 valence electrons. The van der Waals surface area contributed by atoms with E-state index in [0.717, 1.165) is 23.4 Å². The summed E-state index contributed by atoms with van der Waals surface area (Å²) >= 11 is 0. The molecule has 0 aliphatic rings. The molecular formula is C15H20FN3. The van der Waals surface area contributed by atoms with Crippen molar-refractivity contribution < 1.29 is 4.39 Å². The summed E-state index contributed by atoms with van der Waals surface area (Å²) in [6.07, 6.45) is 2.00. The van der Waals surface area contributed by atoms with Crippen molar-refractivity contribution >= 4 is 0 Å². The van der Waals surface area contributed by atoms with Gasteiger partial charge < -0.3 is 5.32 Å². The van der Waals surface area contributed by atoms with Gasteiger partial charge >= 0.3 is 0 Å². The number of aromatic nitrogens is 2. The summed E-state index contributed by atoms with van der Waals surface area (Å²) in [5.74, 6) is -0.179. The van der Waals surface area contributed by atoms with Gasteiger partial charge in [-0.1, -0.05) is 13.8 Å². The minimum atomic E-state index is -0.179. The predicted octanol–water partition coefficient (Wildman–Crippen LogP) is 3.03. The molecule has 0 saturated carbocycles. The van der Waals surface area contributed by atoms with Crippen molar-refractivity contribution in [2.75, 3.05) is 0 Å². The van der Waals surface area contributed by atoms with E-state index in [9.17, 15) is 4.39 Å². The zero-order valence-electron chi connectivity index (χ0n) is 11.9. The molecule has 1 N–H and O–H groups in total. The lowest BCUT2D eigenvalue weighted by Gasteiger charge is -2.08. The van der Waals surface area contributed by atoms with E-state index < -0.39 is 0 Å². The highest BCUT2D eigenvalue weighted by Crippen LogP contribution is 2.24. The van der Waals surface area contributed by atoms with Gasteiger partial charge in [-0.3, -0.25) is 4.68 Å². The van der Waals surface area contributed by atoms with E-state index in [2.05, 4.69) is 24.3 Å². The van der Waals surface area contributed by atoms with Gasteiger partial charge in [0.15, 0.2) is 0 Å². The topological polar surface area (TPSA) is 29.9 Å². The molecule has 2 rings (SSSR count). The number of nitrogens with zero attached hydrogens (tertiary/aromatic N) is 2. The third-order valence-corrected chi connectivity index (χ3v) is 3.04. The summed E-state index contributed by atoms with van der Waals surface area (Å²) < 4.78 is 15.1. The third kappa shape index (κ3) is 3.20. The van der Waals surface area contributed by atoms with Crippen LogP contribution in [-0.4, -0.2) is 15.8 Å². The van der Waals surface area contributed by atoms with Gasteiger partial charge in [0.2, 0.25) is 0 Å². The lowest BCUT2D eigenvalue weighted by atomic mass is 10.1. The second-order valence-corrected chi connectivity index (χ2v) is 5.18. The monoisotopic (exact) mass is 261 g/mol. The molecule has 0 spiro atoms. The van der Waals surface area contributed by atoms with Crippen molar-refractivity contribution in [3.05, 3.63) is 41.3 Å². The van der Waals surface area contributed by atoms with Crippen LogP contribution in [0.25, 0.3) is 11.3 Å². The number of aryl methyl sites for hydroxylation is 2. The molecule has 0 radical (unpaired) electrons. The molecular weight excluding hydrogens is 241 g/mol. The molecule has 4 heteroatoms. The van der Waals surface area contributed by atoms with Gasteiger partial charge in [0, 0.05) is 37.0 Å². The van der Waals surface area contributed by atoms with Crippen LogP contribution in [0.2, 0.25) is 0 Å². The van der Waals surface area contributed by atoms with Crippen LogP contribution in [0.15, 0.2) is 24.4 Å². The molecule has 0 unspecified atom stereocenters. The van der Waals surface area contributed by atoms with Gasteiger partial charge in [0.1, 0.15) is 5.82 Å². The molecule has 0 fully saturated rings. The van der Waals surface area contributed by atoms with E-state index in [-0.39, 0.29) is 5.82 Å². The predicted molar refractivity (Wildman–Crippen MR) is 75.3 cm³/mol. The minimum Gasteiger partial charge on any atom is -0.310 e. The fraction of sp³-hybridized carbons (Fsp3) is 0.400. The summed E-state index contributed by atoms with van der Waals surface area (Å²) in [5.41, 5.74) is 3.65. The number of nitrogens with one attached hydrogen (secondary N) is 1. The highest BCUT2D eigenvalue weighted by molar-refractivity contribution is 5.63. The van der Waals surface area contributed by atoms with E-state index in [4.69, 9.17) is 0 Å². The summed E-state index contributed by atoms with van der Waals surface area (Å²) in [4.78, 5) is 0. The molecule has 1 aromatic heterocycles. The summed E-state index contributed by atoms with van der Waals surface area (Å²) in [7, 11) is 1.90. The fourth-order valence-corrected chi connectivity index (χ4v) is 2.02. The van der Waals surface area contributed by atoms with Crippen molar-refractivity contribution in [1.82, 2.24) is 15.1 Å². The van der Waals surface area contributed by atoms with Crippen LogP contribution in [0.5, 0.6) is 0 Å². The standard InChI is InChI=1S/C15H20FN3/c1-10(2)17-8-13-9-19(4)18-15(13)12-5-6-14(16)11(3)7-12/h5-7,9-10,17H,8H2,1-4H3. The molecule has 1 aromatic carbocycles. The lowest BCUT2D eigenvalue weighted by Crippen LogP contribution is -2.21. The van der Waals surface area contributed by atoms with Crippen molar-refractivity contribution in [2.24, 2.45) is 7.05 Å². The Morgan fingerprint density at radius 2 is 2.11 bits per heavy atom. The SMILES string of the molecule is Cc1cc(-c2nn(C)cc2CNC(C)C)ccc1F. The number of benzene rings is 1. The maximum atomic E-state index is 13.3. The van der Waals surface area contributed by atoms with Gasteiger partial charge in [-0.05, 0) is 30.7 Å². The number of halogens is 1. The average Bonchev–Trinajstić information content (AvgIpc) is 2.71. The van der Waals surface area contributed by atoms with Crippen LogP contribution >= 0.6 is 0 Å².